The van der Waals surface area contributed by atoms with Gasteiger partial charge in [-0.2, -0.15) is 4.31 Å². The van der Waals surface area contributed by atoms with E-state index in [1.807, 2.05) is 0 Å². The number of nitrogens with zero attached hydrogens (tertiary/aromatic N) is 1. The van der Waals surface area contributed by atoms with Crippen molar-refractivity contribution in [2.75, 3.05) is 38.7 Å². The van der Waals surface area contributed by atoms with E-state index in [4.69, 9.17) is 15.2 Å². The fraction of sp³-hybridized carbons (Fsp3) is 0.533. The van der Waals surface area contributed by atoms with Gasteiger partial charge in [-0.1, -0.05) is 0 Å². The zero-order chi connectivity index (χ0) is 17.4. The zero-order valence-electron chi connectivity index (χ0n) is 13.4. The third-order valence-corrected chi connectivity index (χ3v) is 6.17. The second kappa shape index (κ2) is 6.32. The molecule has 8 nitrogen and oxygen atoms in total. The third-order valence-electron chi connectivity index (χ3n) is 4.25. The van der Waals surface area contributed by atoms with Crippen LogP contribution in [-0.4, -0.2) is 57.6 Å². The van der Waals surface area contributed by atoms with Crippen molar-refractivity contribution in [2.45, 2.75) is 23.3 Å². The molecule has 3 rings (SSSR count). The van der Waals surface area contributed by atoms with E-state index in [9.17, 15) is 13.2 Å². The minimum absolute atomic E-state index is 0.0200. The minimum Gasteiger partial charge on any atom is -0.495 e. The van der Waals surface area contributed by atoms with Crippen molar-refractivity contribution >= 4 is 21.6 Å². The second-order valence-electron chi connectivity index (χ2n) is 5.99. The maximum atomic E-state index is 12.9. The van der Waals surface area contributed by atoms with Gasteiger partial charge in [0.1, 0.15) is 10.6 Å². The molecular weight excluding hydrogens is 334 g/mol. The number of anilines is 1. The Kier molecular flexibility index (Phi) is 4.52. The first-order chi connectivity index (χ1) is 11.4. The van der Waals surface area contributed by atoms with Crippen molar-refractivity contribution in [3.8, 4) is 5.75 Å². The molecule has 2 aliphatic rings. The number of sulfonamides is 1. The van der Waals surface area contributed by atoms with Crippen LogP contribution in [0.25, 0.3) is 0 Å². The van der Waals surface area contributed by atoms with Crippen molar-refractivity contribution in [2.24, 2.45) is 5.73 Å². The smallest absolute Gasteiger partial charge is 0.246 e. The molecule has 24 heavy (non-hydrogen) atoms. The lowest BCUT2D eigenvalue weighted by Crippen LogP contribution is -2.40. The first-order valence-corrected chi connectivity index (χ1v) is 9.17. The van der Waals surface area contributed by atoms with Crippen LogP contribution >= 0.6 is 0 Å². The van der Waals surface area contributed by atoms with E-state index in [0.717, 1.165) is 0 Å². The average Bonchev–Trinajstić information content (AvgIpc) is 3.34. The molecule has 1 aliphatic carbocycles. The van der Waals surface area contributed by atoms with E-state index in [2.05, 4.69) is 5.32 Å². The Balaban J connectivity index is 1.90. The van der Waals surface area contributed by atoms with Crippen molar-refractivity contribution < 1.29 is 22.7 Å². The number of hydrogen-bond donors (Lipinski definition) is 2. The molecule has 1 aromatic carbocycles. The molecule has 1 amide bonds. The maximum Gasteiger partial charge on any atom is 0.246 e. The summed E-state index contributed by atoms with van der Waals surface area (Å²) in [5, 5.41) is 2.68. The average molecular weight is 355 g/mol. The molecule has 1 saturated carbocycles. The van der Waals surface area contributed by atoms with E-state index < -0.39 is 15.6 Å². The van der Waals surface area contributed by atoms with Gasteiger partial charge in [0.2, 0.25) is 15.9 Å². The molecule has 3 N–H and O–H groups in total. The molecule has 132 valence electrons. The third kappa shape index (κ3) is 3.25. The molecule has 0 spiro atoms. The van der Waals surface area contributed by atoms with E-state index in [1.54, 1.807) is 6.07 Å². The Morgan fingerprint density at radius 2 is 2.00 bits per heavy atom. The van der Waals surface area contributed by atoms with Gasteiger partial charge in [0.05, 0.1) is 25.9 Å². The summed E-state index contributed by atoms with van der Waals surface area (Å²) in [5.74, 6) is -0.0734. The number of benzene rings is 1. The van der Waals surface area contributed by atoms with Gasteiger partial charge in [-0.3, -0.25) is 4.79 Å². The number of hydrogen-bond acceptors (Lipinski definition) is 6. The molecule has 1 saturated heterocycles. The van der Waals surface area contributed by atoms with Crippen LogP contribution in [0.2, 0.25) is 0 Å². The fourth-order valence-corrected chi connectivity index (χ4v) is 4.09. The molecule has 9 heteroatoms. The van der Waals surface area contributed by atoms with Crippen LogP contribution in [-0.2, 0) is 19.6 Å². The summed E-state index contributed by atoms with van der Waals surface area (Å²) in [7, 11) is -2.33. The van der Waals surface area contributed by atoms with Gasteiger partial charge in [-0.05, 0) is 31.0 Å². The van der Waals surface area contributed by atoms with E-state index in [1.165, 1.54) is 23.5 Å². The molecule has 1 heterocycles. The highest BCUT2D eigenvalue weighted by Gasteiger charge is 2.46. The summed E-state index contributed by atoms with van der Waals surface area (Å²) in [5.41, 5.74) is 5.41. The van der Waals surface area contributed by atoms with Gasteiger partial charge >= 0.3 is 0 Å². The molecule has 0 atom stereocenters. The largest absolute Gasteiger partial charge is 0.495 e. The number of methoxy groups -OCH3 is 1. The Labute approximate surface area is 141 Å². The zero-order valence-corrected chi connectivity index (χ0v) is 14.3. The number of amides is 1. The van der Waals surface area contributed by atoms with Crippen LogP contribution in [0.4, 0.5) is 5.69 Å². The molecule has 0 radical (unpaired) electrons. The summed E-state index contributed by atoms with van der Waals surface area (Å²) in [6, 6.07) is 4.53. The highest BCUT2D eigenvalue weighted by Crippen LogP contribution is 2.35. The summed E-state index contributed by atoms with van der Waals surface area (Å²) >= 11 is 0. The quantitative estimate of drug-likeness (QED) is 0.778. The van der Waals surface area contributed by atoms with Crippen LogP contribution in [0.5, 0.6) is 5.75 Å². The van der Waals surface area contributed by atoms with Crippen LogP contribution in [0, 0.1) is 0 Å². The van der Waals surface area contributed by atoms with E-state index in [-0.39, 0.29) is 29.6 Å². The number of rotatable bonds is 5. The summed E-state index contributed by atoms with van der Waals surface area (Å²) in [4.78, 5) is 12.1. The SMILES string of the molecule is COc1ccc(NC(=O)C2(N)CC2)cc1S(=O)(=O)N1CCOCC1. The highest BCUT2D eigenvalue weighted by molar-refractivity contribution is 7.89. The molecule has 0 aromatic heterocycles. The minimum atomic E-state index is -3.74. The van der Waals surface area contributed by atoms with Crippen molar-refractivity contribution in [3.05, 3.63) is 18.2 Å². The van der Waals surface area contributed by atoms with Crippen LogP contribution in [0.3, 0.4) is 0 Å². The van der Waals surface area contributed by atoms with Gasteiger partial charge in [-0.25, -0.2) is 8.42 Å². The number of carbonyl (C=O) groups excluding carboxylic acids is 1. The first-order valence-electron chi connectivity index (χ1n) is 7.73. The highest BCUT2D eigenvalue weighted by atomic mass is 32.2. The lowest BCUT2D eigenvalue weighted by Gasteiger charge is -2.27. The number of ether oxygens (including phenoxy) is 2. The van der Waals surface area contributed by atoms with Crippen LogP contribution in [0.15, 0.2) is 23.1 Å². The molecule has 0 unspecified atom stereocenters. The number of nitrogens with two attached hydrogens (primary N) is 1. The lowest BCUT2D eigenvalue weighted by atomic mass is 10.2. The predicted octanol–water partition coefficient (Wildman–Crippen LogP) is 0.146. The second-order valence-corrected chi connectivity index (χ2v) is 7.90. The first kappa shape index (κ1) is 17.2. The monoisotopic (exact) mass is 355 g/mol. The Morgan fingerprint density at radius 1 is 1.33 bits per heavy atom. The van der Waals surface area contributed by atoms with Crippen molar-refractivity contribution in [3.63, 3.8) is 0 Å². The summed E-state index contributed by atoms with van der Waals surface area (Å²) in [6.45, 7) is 1.28. The number of carbonyl (C=O) groups is 1. The van der Waals surface area contributed by atoms with Crippen molar-refractivity contribution in [1.82, 2.24) is 4.31 Å². The Hall–Kier alpha value is -1.68. The van der Waals surface area contributed by atoms with Gasteiger partial charge in [-0.15, -0.1) is 0 Å². The summed E-state index contributed by atoms with van der Waals surface area (Å²) < 4.78 is 37.5. The van der Waals surface area contributed by atoms with Crippen LogP contribution < -0.4 is 15.8 Å². The van der Waals surface area contributed by atoms with Crippen molar-refractivity contribution in [1.29, 1.82) is 0 Å². The normalized spacial score (nSPS) is 20.4. The molecule has 1 aromatic rings. The topological polar surface area (TPSA) is 111 Å². The van der Waals surface area contributed by atoms with E-state index in [0.29, 0.717) is 31.7 Å². The Morgan fingerprint density at radius 3 is 2.58 bits per heavy atom. The van der Waals surface area contributed by atoms with Gasteiger partial charge < -0.3 is 20.5 Å². The number of morpholine rings is 1. The van der Waals surface area contributed by atoms with E-state index >= 15 is 0 Å². The van der Waals surface area contributed by atoms with Crippen LogP contribution in [0.1, 0.15) is 12.8 Å². The van der Waals surface area contributed by atoms with Gasteiger partial charge in [0.25, 0.3) is 0 Å². The predicted molar refractivity (Wildman–Crippen MR) is 87.4 cm³/mol. The molecule has 1 aliphatic heterocycles. The standard InChI is InChI=1S/C15H21N3O5S/c1-22-12-3-2-11(17-14(19)15(16)4-5-15)10-13(12)24(20,21)18-6-8-23-9-7-18/h2-3,10H,4-9,16H2,1H3,(H,17,19). The summed E-state index contributed by atoms with van der Waals surface area (Å²) in [6.07, 6.45) is 1.27. The molecular formula is C15H21N3O5S. The molecule has 0 bridgehead atoms. The number of nitrogens with one attached hydrogen (secondary N) is 1. The van der Waals surface area contributed by atoms with Gasteiger partial charge in [0, 0.05) is 18.8 Å². The van der Waals surface area contributed by atoms with Gasteiger partial charge in [0.15, 0.2) is 0 Å². The fourth-order valence-electron chi connectivity index (χ4n) is 2.50. The maximum absolute atomic E-state index is 12.9. The Bertz CT molecular complexity index is 739. The molecule has 2 fully saturated rings. The lowest BCUT2D eigenvalue weighted by molar-refractivity contribution is -0.118.